The van der Waals surface area contributed by atoms with Crippen LogP contribution in [-0.4, -0.2) is 59.8 Å². The van der Waals surface area contributed by atoms with Gasteiger partial charge in [-0.1, -0.05) is 30.3 Å². The van der Waals surface area contributed by atoms with E-state index in [2.05, 4.69) is 15.2 Å². The highest BCUT2D eigenvalue weighted by atomic mass is 16.2. The van der Waals surface area contributed by atoms with E-state index in [1.54, 1.807) is 6.07 Å². The van der Waals surface area contributed by atoms with Crippen molar-refractivity contribution in [2.45, 2.75) is 6.54 Å². The normalized spacial score (nSPS) is 15.0. The zero-order chi connectivity index (χ0) is 17.6. The Labute approximate surface area is 147 Å². The fraction of sp³-hybridized carbons (Fsp3) is 0.316. The Kier molecular flexibility index (Phi) is 5.40. The average molecular weight is 338 g/mol. The second-order valence-corrected chi connectivity index (χ2v) is 6.23. The summed E-state index contributed by atoms with van der Waals surface area (Å²) in [6.45, 7) is 3.54. The summed E-state index contributed by atoms with van der Waals surface area (Å²) in [5.41, 5.74) is 1.88. The zero-order valence-corrected chi connectivity index (χ0v) is 14.3. The first kappa shape index (κ1) is 17.1. The summed E-state index contributed by atoms with van der Waals surface area (Å²) in [7, 11) is 2.04. The molecule has 2 amide bonds. The Bertz CT molecular complexity index is 740. The highest BCUT2D eigenvalue weighted by Gasteiger charge is 2.21. The zero-order valence-electron chi connectivity index (χ0n) is 14.3. The van der Waals surface area contributed by atoms with E-state index < -0.39 is 0 Å². The Hall–Kier alpha value is -2.73. The smallest absolute Gasteiger partial charge is 0.255 e. The molecule has 1 aromatic heterocycles. The highest BCUT2D eigenvalue weighted by molar-refractivity contribution is 5.99. The lowest BCUT2D eigenvalue weighted by Crippen LogP contribution is -2.47. The van der Waals surface area contributed by atoms with Gasteiger partial charge < -0.3 is 15.1 Å². The molecular formula is C19H22N4O2. The van der Waals surface area contributed by atoms with Gasteiger partial charge in [-0.25, -0.2) is 0 Å². The SMILES string of the molecule is CN1CCN(C(=O)c2cncc(C(=O)NCc3ccccc3)c2)CC1. The maximum atomic E-state index is 12.6. The van der Waals surface area contributed by atoms with Gasteiger partial charge >= 0.3 is 0 Å². The third kappa shape index (κ3) is 4.42. The van der Waals surface area contributed by atoms with E-state index in [0.717, 1.165) is 18.7 Å². The van der Waals surface area contributed by atoms with Crippen LogP contribution in [0.15, 0.2) is 48.8 Å². The molecule has 1 aromatic carbocycles. The molecule has 0 aliphatic carbocycles. The van der Waals surface area contributed by atoms with Crippen molar-refractivity contribution < 1.29 is 9.59 Å². The molecule has 1 N–H and O–H groups in total. The maximum absolute atomic E-state index is 12.6. The molecule has 25 heavy (non-hydrogen) atoms. The van der Waals surface area contributed by atoms with Crippen molar-refractivity contribution in [3.05, 3.63) is 65.5 Å². The molecule has 1 fully saturated rings. The van der Waals surface area contributed by atoms with Crippen LogP contribution in [0.25, 0.3) is 0 Å². The van der Waals surface area contributed by atoms with Crippen LogP contribution in [0.5, 0.6) is 0 Å². The minimum absolute atomic E-state index is 0.0710. The molecule has 0 saturated carbocycles. The molecule has 2 aromatic rings. The summed E-state index contributed by atoms with van der Waals surface area (Å²) < 4.78 is 0. The molecule has 130 valence electrons. The van der Waals surface area contributed by atoms with E-state index >= 15 is 0 Å². The number of amides is 2. The maximum Gasteiger partial charge on any atom is 0.255 e. The first-order valence-corrected chi connectivity index (χ1v) is 8.38. The molecular weight excluding hydrogens is 316 g/mol. The molecule has 6 nitrogen and oxygen atoms in total. The van der Waals surface area contributed by atoms with Crippen LogP contribution in [0.3, 0.4) is 0 Å². The quantitative estimate of drug-likeness (QED) is 0.915. The fourth-order valence-corrected chi connectivity index (χ4v) is 2.75. The molecule has 0 spiro atoms. The van der Waals surface area contributed by atoms with Gasteiger partial charge in [0.05, 0.1) is 11.1 Å². The highest BCUT2D eigenvalue weighted by Crippen LogP contribution is 2.10. The Morgan fingerprint density at radius 1 is 1.04 bits per heavy atom. The second-order valence-electron chi connectivity index (χ2n) is 6.23. The van der Waals surface area contributed by atoms with E-state index in [0.29, 0.717) is 30.8 Å². The summed E-state index contributed by atoms with van der Waals surface area (Å²) in [6.07, 6.45) is 3.01. The predicted molar refractivity (Wildman–Crippen MR) is 95.2 cm³/mol. The molecule has 0 unspecified atom stereocenters. The van der Waals surface area contributed by atoms with E-state index in [1.807, 2.05) is 42.3 Å². The number of aromatic nitrogens is 1. The molecule has 6 heteroatoms. The third-order valence-electron chi connectivity index (χ3n) is 4.33. The monoisotopic (exact) mass is 338 g/mol. The number of pyridine rings is 1. The van der Waals surface area contributed by atoms with E-state index in [9.17, 15) is 9.59 Å². The van der Waals surface area contributed by atoms with Gasteiger partial charge in [-0.2, -0.15) is 0 Å². The Morgan fingerprint density at radius 3 is 2.44 bits per heavy atom. The van der Waals surface area contributed by atoms with Gasteiger partial charge in [-0.15, -0.1) is 0 Å². The van der Waals surface area contributed by atoms with Crippen molar-refractivity contribution in [3.63, 3.8) is 0 Å². The number of piperazine rings is 1. The van der Waals surface area contributed by atoms with Crippen LogP contribution >= 0.6 is 0 Å². The summed E-state index contributed by atoms with van der Waals surface area (Å²) in [4.78, 5) is 33.0. The largest absolute Gasteiger partial charge is 0.348 e. The van der Waals surface area contributed by atoms with Crippen molar-refractivity contribution in [2.24, 2.45) is 0 Å². The average Bonchev–Trinajstić information content (AvgIpc) is 2.67. The van der Waals surface area contributed by atoms with Crippen molar-refractivity contribution >= 4 is 11.8 Å². The van der Waals surface area contributed by atoms with Crippen LogP contribution < -0.4 is 5.32 Å². The summed E-state index contributed by atoms with van der Waals surface area (Å²) in [6, 6.07) is 11.3. The number of rotatable bonds is 4. The van der Waals surface area contributed by atoms with Gasteiger partial charge in [0.2, 0.25) is 0 Å². The minimum Gasteiger partial charge on any atom is -0.348 e. The summed E-state index contributed by atoms with van der Waals surface area (Å²) in [5, 5.41) is 2.86. The number of nitrogens with one attached hydrogen (secondary N) is 1. The lowest BCUT2D eigenvalue weighted by atomic mass is 10.1. The van der Waals surface area contributed by atoms with Crippen molar-refractivity contribution in [1.29, 1.82) is 0 Å². The van der Waals surface area contributed by atoms with Crippen LogP contribution in [0.4, 0.5) is 0 Å². The number of carbonyl (C=O) groups is 2. The van der Waals surface area contributed by atoms with Gasteiger partial charge in [-0.3, -0.25) is 14.6 Å². The lowest BCUT2D eigenvalue weighted by Gasteiger charge is -2.32. The topological polar surface area (TPSA) is 65.5 Å². The molecule has 3 rings (SSSR count). The first-order chi connectivity index (χ1) is 12.1. The van der Waals surface area contributed by atoms with Crippen molar-refractivity contribution in [2.75, 3.05) is 33.2 Å². The van der Waals surface area contributed by atoms with Crippen LogP contribution in [0, 0.1) is 0 Å². The Balaban J connectivity index is 1.64. The standard InChI is InChI=1S/C19H22N4O2/c1-22-7-9-23(10-8-22)19(25)17-11-16(13-20-14-17)18(24)21-12-15-5-3-2-4-6-15/h2-6,11,13-14H,7-10,12H2,1H3,(H,21,24). The fourth-order valence-electron chi connectivity index (χ4n) is 2.75. The van der Waals surface area contributed by atoms with E-state index in [1.165, 1.54) is 12.4 Å². The predicted octanol–water partition coefficient (Wildman–Crippen LogP) is 1.40. The summed E-state index contributed by atoms with van der Waals surface area (Å²) >= 11 is 0. The second kappa shape index (κ2) is 7.90. The lowest BCUT2D eigenvalue weighted by molar-refractivity contribution is 0.0663. The van der Waals surface area contributed by atoms with Crippen LogP contribution in [0.2, 0.25) is 0 Å². The van der Waals surface area contributed by atoms with Gasteiger partial charge in [0.15, 0.2) is 0 Å². The molecule has 0 bridgehead atoms. The minimum atomic E-state index is -0.232. The van der Waals surface area contributed by atoms with E-state index in [-0.39, 0.29) is 11.8 Å². The third-order valence-corrected chi connectivity index (χ3v) is 4.33. The number of hydrogen-bond acceptors (Lipinski definition) is 4. The van der Waals surface area contributed by atoms with E-state index in [4.69, 9.17) is 0 Å². The summed E-state index contributed by atoms with van der Waals surface area (Å²) in [5.74, 6) is -0.303. The number of hydrogen-bond donors (Lipinski definition) is 1. The molecule has 0 atom stereocenters. The van der Waals surface area contributed by atoms with Gasteiger partial charge in [-0.05, 0) is 18.7 Å². The number of benzene rings is 1. The number of carbonyl (C=O) groups excluding carboxylic acids is 2. The van der Waals surface area contributed by atoms with Gasteiger partial charge in [0.25, 0.3) is 11.8 Å². The molecule has 1 aliphatic rings. The first-order valence-electron chi connectivity index (χ1n) is 8.38. The molecule has 1 saturated heterocycles. The molecule has 1 aliphatic heterocycles. The van der Waals surface area contributed by atoms with Crippen LogP contribution in [0.1, 0.15) is 26.3 Å². The molecule has 2 heterocycles. The molecule has 0 radical (unpaired) electrons. The van der Waals surface area contributed by atoms with Crippen molar-refractivity contribution in [3.8, 4) is 0 Å². The number of nitrogens with zero attached hydrogens (tertiary/aromatic N) is 3. The number of likely N-dealkylation sites (N-methyl/N-ethyl adjacent to an activating group) is 1. The van der Waals surface area contributed by atoms with Crippen LogP contribution in [-0.2, 0) is 6.54 Å². The van der Waals surface area contributed by atoms with Crippen molar-refractivity contribution in [1.82, 2.24) is 20.1 Å². The van der Waals surface area contributed by atoms with Gasteiger partial charge in [0.1, 0.15) is 0 Å². The van der Waals surface area contributed by atoms with Gasteiger partial charge in [0, 0.05) is 45.1 Å². The Morgan fingerprint density at radius 2 is 1.72 bits per heavy atom.